The van der Waals surface area contributed by atoms with Crippen molar-refractivity contribution in [2.45, 2.75) is 46.0 Å². The van der Waals surface area contributed by atoms with E-state index in [9.17, 15) is 9.59 Å². The number of carbonyl (C=O) groups excluding carboxylic acids is 1. The number of carboxylic acids is 1. The second-order valence-electron chi connectivity index (χ2n) is 6.48. The van der Waals surface area contributed by atoms with Crippen LogP contribution in [-0.2, 0) is 9.59 Å². The highest BCUT2D eigenvalue weighted by molar-refractivity contribution is 5.80. The van der Waals surface area contributed by atoms with Gasteiger partial charge in [-0.3, -0.25) is 9.59 Å². The van der Waals surface area contributed by atoms with E-state index in [4.69, 9.17) is 5.11 Å². The fourth-order valence-corrected chi connectivity index (χ4v) is 3.43. The number of nitrogens with zero attached hydrogens (tertiary/aromatic N) is 1. The van der Waals surface area contributed by atoms with Gasteiger partial charge in [0.1, 0.15) is 0 Å². The molecule has 2 fully saturated rings. The second kappa shape index (κ2) is 5.93. The maximum absolute atomic E-state index is 12.5. The summed E-state index contributed by atoms with van der Waals surface area (Å²) in [7, 11) is 0. The number of carbonyl (C=O) groups is 2. The average molecular weight is 267 g/mol. The Morgan fingerprint density at radius 2 is 1.84 bits per heavy atom. The van der Waals surface area contributed by atoms with Gasteiger partial charge in [-0.1, -0.05) is 20.3 Å². The minimum Gasteiger partial charge on any atom is -0.481 e. The van der Waals surface area contributed by atoms with E-state index < -0.39 is 5.97 Å². The number of aliphatic carboxylic acids is 1. The molecule has 19 heavy (non-hydrogen) atoms. The Hall–Kier alpha value is -1.06. The molecule has 3 atom stereocenters. The summed E-state index contributed by atoms with van der Waals surface area (Å²) >= 11 is 0. The first-order valence-electron chi connectivity index (χ1n) is 7.50. The minimum absolute atomic E-state index is 0.0548. The third-order valence-corrected chi connectivity index (χ3v) is 4.85. The van der Waals surface area contributed by atoms with Gasteiger partial charge in [-0.05, 0) is 37.5 Å². The van der Waals surface area contributed by atoms with E-state index in [1.807, 2.05) is 4.90 Å². The Balaban J connectivity index is 1.91. The van der Waals surface area contributed by atoms with Crippen molar-refractivity contribution in [1.82, 2.24) is 4.90 Å². The standard InChI is InChI=1S/C15H25NO3/c1-10(2)13-6-7-16(9-13)14(17)11-4-3-5-12(8-11)15(18)19/h10-13H,3-9H2,1-2H3,(H,18,19). The lowest BCUT2D eigenvalue weighted by molar-refractivity contribution is -0.145. The van der Waals surface area contributed by atoms with Gasteiger partial charge in [0, 0.05) is 19.0 Å². The van der Waals surface area contributed by atoms with Gasteiger partial charge < -0.3 is 10.0 Å². The van der Waals surface area contributed by atoms with E-state index in [1.165, 1.54) is 0 Å². The lowest BCUT2D eigenvalue weighted by atomic mass is 9.81. The molecule has 0 bridgehead atoms. The van der Waals surface area contributed by atoms with Crippen LogP contribution in [-0.4, -0.2) is 35.0 Å². The van der Waals surface area contributed by atoms with Gasteiger partial charge in [-0.25, -0.2) is 0 Å². The largest absolute Gasteiger partial charge is 0.481 e. The average Bonchev–Trinajstić information content (AvgIpc) is 2.87. The number of carboxylic acid groups (broad SMARTS) is 1. The van der Waals surface area contributed by atoms with Gasteiger partial charge in [0.05, 0.1) is 5.92 Å². The smallest absolute Gasteiger partial charge is 0.306 e. The molecule has 4 nitrogen and oxygen atoms in total. The van der Waals surface area contributed by atoms with Crippen LogP contribution < -0.4 is 0 Å². The summed E-state index contributed by atoms with van der Waals surface area (Å²) in [6, 6.07) is 0. The van der Waals surface area contributed by atoms with Crippen molar-refractivity contribution in [3.63, 3.8) is 0 Å². The van der Waals surface area contributed by atoms with E-state index in [0.717, 1.165) is 38.8 Å². The van der Waals surface area contributed by atoms with Crippen LogP contribution in [0.1, 0.15) is 46.0 Å². The van der Waals surface area contributed by atoms with Gasteiger partial charge in [0.15, 0.2) is 0 Å². The zero-order valence-corrected chi connectivity index (χ0v) is 12.0. The Labute approximate surface area is 115 Å². The summed E-state index contributed by atoms with van der Waals surface area (Å²) in [6.07, 6.45) is 4.10. The summed E-state index contributed by atoms with van der Waals surface area (Å²) < 4.78 is 0. The highest BCUT2D eigenvalue weighted by atomic mass is 16.4. The lowest BCUT2D eigenvalue weighted by Gasteiger charge is -2.29. The van der Waals surface area contributed by atoms with E-state index in [0.29, 0.717) is 18.3 Å². The summed E-state index contributed by atoms with van der Waals surface area (Å²) in [4.78, 5) is 25.5. The second-order valence-corrected chi connectivity index (χ2v) is 6.48. The molecule has 1 aliphatic carbocycles. The predicted molar refractivity (Wildman–Crippen MR) is 72.6 cm³/mol. The summed E-state index contributed by atoms with van der Waals surface area (Å²) in [5.74, 6) is 0.332. The molecular weight excluding hydrogens is 242 g/mol. The van der Waals surface area contributed by atoms with E-state index >= 15 is 0 Å². The van der Waals surface area contributed by atoms with Crippen LogP contribution in [0.25, 0.3) is 0 Å². The molecule has 0 aromatic carbocycles. The first-order valence-corrected chi connectivity index (χ1v) is 7.50. The maximum atomic E-state index is 12.5. The van der Waals surface area contributed by atoms with Crippen LogP contribution in [0.4, 0.5) is 0 Å². The topological polar surface area (TPSA) is 57.6 Å². The zero-order chi connectivity index (χ0) is 14.0. The molecule has 3 unspecified atom stereocenters. The fraction of sp³-hybridized carbons (Fsp3) is 0.867. The summed E-state index contributed by atoms with van der Waals surface area (Å²) in [5, 5.41) is 9.09. The third kappa shape index (κ3) is 3.28. The molecule has 1 heterocycles. The molecule has 2 rings (SSSR count). The van der Waals surface area contributed by atoms with Crippen molar-refractivity contribution in [1.29, 1.82) is 0 Å². The minimum atomic E-state index is -0.737. The van der Waals surface area contributed by atoms with E-state index in [-0.39, 0.29) is 17.7 Å². The van der Waals surface area contributed by atoms with Gasteiger partial charge >= 0.3 is 5.97 Å². The lowest BCUT2D eigenvalue weighted by Crippen LogP contribution is -2.38. The normalized spacial score (nSPS) is 31.7. The highest BCUT2D eigenvalue weighted by Crippen LogP contribution is 2.32. The molecule has 4 heteroatoms. The molecule has 1 saturated heterocycles. The molecule has 0 aromatic rings. The maximum Gasteiger partial charge on any atom is 0.306 e. The van der Waals surface area contributed by atoms with Crippen molar-refractivity contribution < 1.29 is 14.7 Å². The highest BCUT2D eigenvalue weighted by Gasteiger charge is 2.36. The molecule has 1 saturated carbocycles. The summed E-state index contributed by atoms with van der Waals surface area (Å²) in [6.45, 7) is 6.14. The van der Waals surface area contributed by atoms with Crippen LogP contribution in [0, 0.1) is 23.7 Å². The molecule has 108 valence electrons. The van der Waals surface area contributed by atoms with Gasteiger partial charge in [0.2, 0.25) is 5.91 Å². The van der Waals surface area contributed by atoms with Crippen LogP contribution in [0.5, 0.6) is 0 Å². The summed E-state index contributed by atoms with van der Waals surface area (Å²) in [5.41, 5.74) is 0. The number of rotatable bonds is 3. The number of amides is 1. The number of hydrogen-bond donors (Lipinski definition) is 1. The third-order valence-electron chi connectivity index (χ3n) is 4.85. The quantitative estimate of drug-likeness (QED) is 0.854. The van der Waals surface area contributed by atoms with Crippen LogP contribution >= 0.6 is 0 Å². The van der Waals surface area contributed by atoms with Crippen molar-refractivity contribution in [2.24, 2.45) is 23.7 Å². The molecule has 0 spiro atoms. The van der Waals surface area contributed by atoms with E-state index in [2.05, 4.69) is 13.8 Å². The van der Waals surface area contributed by atoms with Crippen LogP contribution in [0.2, 0.25) is 0 Å². The fourth-order valence-electron chi connectivity index (χ4n) is 3.43. The van der Waals surface area contributed by atoms with Gasteiger partial charge in [0.25, 0.3) is 0 Å². The number of hydrogen-bond acceptors (Lipinski definition) is 2. The van der Waals surface area contributed by atoms with Crippen LogP contribution in [0.3, 0.4) is 0 Å². The van der Waals surface area contributed by atoms with Crippen molar-refractivity contribution in [3.8, 4) is 0 Å². The number of likely N-dealkylation sites (tertiary alicyclic amines) is 1. The predicted octanol–water partition coefficient (Wildman–Crippen LogP) is 2.38. The van der Waals surface area contributed by atoms with Crippen molar-refractivity contribution >= 4 is 11.9 Å². The Bertz CT molecular complexity index is 353. The Kier molecular flexibility index (Phi) is 4.48. The molecular formula is C15H25NO3. The van der Waals surface area contributed by atoms with E-state index in [1.54, 1.807) is 0 Å². The molecule has 1 N–H and O–H groups in total. The molecule has 2 aliphatic rings. The van der Waals surface area contributed by atoms with Gasteiger partial charge in [-0.15, -0.1) is 0 Å². The Morgan fingerprint density at radius 1 is 1.16 bits per heavy atom. The van der Waals surface area contributed by atoms with Crippen molar-refractivity contribution in [2.75, 3.05) is 13.1 Å². The molecule has 1 aliphatic heterocycles. The zero-order valence-electron chi connectivity index (χ0n) is 12.0. The van der Waals surface area contributed by atoms with Gasteiger partial charge in [-0.2, -0.15) is 0 Å². The first kappa shape index (κ1) is 14.4. The Morgan fingerprint density at radius 3 is 2.42 bits per heavy atom. The molecule has 0 aromatic heterocycles. The first-order chi connectivity index (χ1) is 8.99. The monoisotopic (exact) mass is 267 g/mol. The van der Waals surface area contributed by atoms with Crippen LogP contribution in [0.15, 0.2) is 0 Å². The molecule has 1 amide bonds. The van der Waals surface area contributed by atoms with Crippen molar-refractivity contribution in [3.05, 3.63) is 0 Å². The molecule has 0 radical (unpaired) electrons. The SMILES string of the molecule is CC(C)C1CCN(C(=O)C2CCCC(C(=O)O)C2)C1.